The molecule has 2 aromatic rings. The summed E-state index contributed by atoms with van der Waals surface area (Å²) in [5.74, 6) is -0.559. The average Bonchev–Trinajstić information content (AvgIpc) is 2.68. The van der Waals surface area contributed by atoms with E-state index in [4.69, 9.17) is 4.74 Å². The zero-order valence-electron chi connectivity index (χ0n) is 15.6. The molecule has 144 valence electrons. The van der Waals surface area contributed by atoms with E-state index in [9.17, 15) is 9.18 Å². The van der Waals surface area contributed by atoms with Gasteiger partial charge in [-0.25, -0.2) is 4.39 Å². The molecule has 1 unspecified atom stereocenters. The Hall–Kier alpha value is -2.28. The number of morpholine rings is 1. The van der Waals surface area contributed by atoms with Crippen molar-refractivity contribution in [3.05, 3.63) is 65.5 Å². The smallest absolute Gasteiger partial charge is 0.241 e. The van der Waals surface area contributed by atoms with Crippen molar-refractivity contribution in [2.75, 3.05) is 31.6 Å². The fourth-order valence-corrected chi connectivity index (χ4v) is 3.06. The van der Waals surface area contributed by atoms with Gasteiger partial charge in [0.05, 0.1) is 19.3 Å². The number of hydrogen-bond donors (Lipinski definition) is 2. The van der Waals surface area contributed by atoms with Gasteiger partial charge in [0.25, 0.3) is 0 Å². The number of anilines is 1. The molecule has 6 heteroatoms. The summed E-state index contributed by atoms with van der Waals surface area (Å²) in [4.78, 5) is 14.7. The third kappa shape index (κ3) is 5.85. The molecule has 0 saturated carbocycles. The Kier molecular flexibility index (Phi) is 6.92. The van der Waals surface area contributed by atoms with Crippen LogP contribution in [0.1, 0.15) is 18.1 Å². The number of halogens is 1. The molecule has 27 heavy (non-hydrogen) atoms. The highest BCUT2D eigenvalue weighted by molar-refractivity contribution is 5.94. The standard InChI is InChI=1S/C21H26FN3O2/c1-16(21(26)24-20-8-4-7-19(22)13-20)23-14-17-5-2-3-6-18(17)15-25-9-11-27-12-10-25/h2-8,13,16,23H,9-12,14-15H2,1H3,(H,24,26). The fourth-order valence-electron chi connectivity index (χ4n) is 3.06. The van der Waals surface area contributed by atoms with Crippen molar-refractivity contribution in [3.8, 4) is 0 Å². The van der Waals surface area contributed by atoms with Gasteiger partial charge >= 0.3 is 0 Å². The summed E-state index contributed by atoms with van der Waals surface area (Å²) in [6, 6.07) is 13.8. The highest BCUT2D eigenvalue weighted by Crippen LogP contribution is 2.14. The van der Waals surface area contributed by atoms with Crippen LogP contribution in [0.3, 0.4) is 0 Å². The summed E-state index contributed by atoms with van der Waals surface area (Å²) < 4.78 is 18.7. The molecular weight excluding hydrogens is 345 g/mol. The van der Waals surface area contributed by atoms with Gasteiger partial charge in [0.15, 0.2) is 0 Å². The van der Waals surface area contributed by atoms with Gasteiger partial charge in [0.2, 0.25) is 5.91 Å². The SMILES string of the molecule is CC(NCc1ccccc1CN1CCOCC1)C(=O)Nc1cccc(F)c1. The molecule has 1 aliphatic heterocycles. The summed E-state index contributed by atoms with van der Waals surface area (Å²) in [7, 11) is 0. The number of carbonyl (C=O) groups excluding carboxylic acids is 1. The second kappa shape index (κ2) is 9.60. The Morgan fingerprint density at radius 2 is 1.89 bits per heavy atom. The Morgan fingerprint density at radius 1 is 1.15 bits per heavy atom. The lowest BCUT2D eigenvalue weighted by molar-refractivity contribution is -0.117. The van der Waals surface area contributed by atoms with E-state index in [1.807, 2.05) is 12.1 Å². The summed E-state index contributed by atoms with van der Waals surface area (Å²) >= 11 is 0. The first-order chi connectivity index (χ1) is 13.1. The molecular formula is C21H26FN3O2. The van der Waals surface area contributed by atoms with Crippen LogP contribution in [0.25, 0.3) is 0 Å². The van der Waals surface area contributed by atoms with Gasteiger partial charge in [0.1, 0.15) is 5.82 Å². The zero-order valence-corrected chi connectivity index (χ0v) is 15.6. The van der Waals surface area contributed by atoms with Gasteiger partial charge in [-0.3, -0.25) is 9.69 Å². The third-order valence-corrected chi connectivity index (χ3v) is 4.70. The number of nitrogens with zero attached hydrogens (tertiary/aromatic N) is 1. The predicted molar refractivity (Wildman–Crippen MR) is 104 cm³/mol. The minimum atomic E-state index is -0.398. The second-order valence-corrected chi connectivity index (χ2v) is 6.76. The maximum atomic E-state index is 13.2. The maximum absolute atomic E-state index is 13.2. The second-order valence-electron chi connectivity index (χ2n) is 6.76. The van der Waals surface area contributed by atoms with Crippen molar-refractivity contribution < 1.29 is 13.9 Å². The Labute approximate surface area is 159 Å². The molecule has 1 fully saturated rings. The van der Waals surface area contributed by atoms with Crippen LogP contribution in [0.15, 0.2) is 48.5 Å². The van der Waals surface area contributed by atoms with Gasteiger partial charge in [-0.1, -0.05) is 30.3 Å². The van der Waals surface area contributed by atoms with E-state index in [-0.39, 0.29) is 11.7 Å². The van der Waals surface area contributed by atoms with Crippen LogP contribution in [-0.2, 0) is 22.6 Å². The van der Waals surface area contributed by atoms with Crippen LogP contribution in [-0.4, -0.2) is 43.2 Å². The number of ether oxygens (including phenoxy) is 1. The van der Waals surface area contributed by atoms with Crippen molar-refractivity contribution in [3.63, 3.8) is 0 Å². The largest absolute Gasteiger partial charge is 0.379 e. The minimum Gasteiger partial charge on any atom is -0.379 e. The van der Waals surface area contributed by atoms with Gasteiger partial charge in [-0.2, -0.15) is 0 Å². The molecule has 1 amide bonds. The number of benzene rings is 2. The summed E-state index contributed by atoms with van der Waals surface area (Å²) in [6.07, 6.45) is 0. The number of carbonyl (C=O) groups is 1. The quantitative estimate of drug-likeness (QED) is 0.786. The average molecular weight is 371 g/mol. The minimum absolute atomic E-state index is 0.189. The number of rotatable bonds is 7. The van der Waals surface area contributed by atoms with Crippen LogP contribution >= 0.6 is 0 Å². The maximum Gasteiger partial charge on any atom is 0.241 e. The number of nitrogens with one attached hydrogen (secondary N) is 2. The highest BCUT2D eigenvalue weighted by atomic mass is 19.1. The molecule has 0 bridgehead atoms. The monoisotopic (exact) mass is 371 g/mol. The molecule has 3 rings (SSSR count). The number of hydrogen-bond acceptors (Lipinski definition) is 4. The van der Waals surface area contributed by atoms with Crippen LogP contribution < -0.4 is 10.6 Å². The lowest BCUT2D eigenvalue weighted by Crippen LogP contribution is -2.38. The molecule has 0 spiro atoms. The molecule has 0 aliphatic carbocycles. The van der Waals surface area contributed by atoms with Gasteiger partial charge in [-0.05, 0) is 36.2 Å². The predicted octanol–water partition coefficient (Wildman–Crippen LogP) is 2.77. The van der Waals surface area contributed by atoms with E-state index in [1.165, 1.54) is 23.3 Å². The molecule has 1 heterocycles. The normalized spacial score (nSPS) is 16.1. The summed E-state index contributed by atoms with van der Waals surface area (Å²) in [5, 5.41) is 6.00. The first kappa shape index (κ1) is 19.5. The fraction of sp³-hybridized carbons (Fsp3) is 0.381. The van der Waals surface area contributed by atoms with Crippen LogP contribution in [0.4, 0.5) is 10.1 Å². The van der Waals surface area contributed by atoms with E-state index in [2.05, 4.69) is 27.7 Å². The molecule has 0 aromatic heterocycles. The third-order valence-electron chi connectivity index (χ3n) is 4.70. The lowest BCUT2D eigenvalue weighted by atomic mass is 10.1. The molecule has 5 nitrogen and oxygen atoms in total. The van der Waals surface area contributed by atoms with Gasteiger partial charge in [0, 0.05) is 31.9 Å². The van der Waals surface area contributed by atoms with Crippen molar-refractivity contribution in [2.24, 2.45) is 0 Å². The van der Waals surface area contributed by atoms with E-state index >= 15 is 0 Å². The Bertz CT molecular complexity index is 763. The first-order valence-corrected chi connectivity index (χ1v) is 9.28. The molecule has 1 aliphatic rings. The van der Waals surface area contributed by atoms with E-state index < -0.39 is 6.04 Å². The van der Waals surface area contributed by atoms with E-state index in [0.29, 0.717) is 12.2 Å². The highest BCUT2D eigenvalue weighted by Gasteiger charge is 2.15. The molecule has 0 radical (unpaired) electrons. The van der Waals surface area contributed by atoms with E-state index in [0.717, 1.165) is 32.8 Å². The lowest BCUT2D eigenvalue weighted by Gasteiger charge is -2.27. The van der Waals surface area contributed by atoms with Crippen molar-refractivity contribution >= 4 is 11.6 Å². The molecule has 1 saturated heterocycles. The summed E-state index contributed by atoms with van der Waals surface area (Å²) in [5.41, 5.74) is 2.89. The topological polar surface area (TPSA) is 53.6 Å². The molecule has 1 atom stereocenters. The zero-order chi connectivity index (χ0) is 19.1. The summed E-state index contributed by atoms with van der Waals surface area (Å²) in [6.45, 7) is 6.71. The Morgan fingerprint density at radius 3 is 2.63 bits per heavy atom. The Balaban J connectivity index is 1.55. The van der Waals surface area contributed by atoms with Crippen molar-refractivity contribution in [2.45, 2.75) is 26.1 Å². The molecule has 2 N–H and O–H groups in total. The van der Waals surface area contributed by atoms with Gasteiger partial charge in [-0.15, -0.1) is 0 Å². The number of amides is 1. The van der Waals surface area contributed by atoms with Gasteiger partial charge < -0.3 is 15.4 Å². The first-order valence-electron chi connectivity index (χ1n) is 9.28. The van der Waals surface area contributed by atoms with Crippen LogP contribution in [0.2, 0.25) is 0 Å². The van der Waals surface area contributed by atoms with Crippen LogP contribution in [0.5, 0.6) is 0 Å². The molecule has 2 aromatic carbocycles. The van der Waals surface area contributed by atoms with Crippen LogP contribution in [0, 0.1) is 5.82 Å². The van der Waals surface area contributed by atoms with Crippen molar-refractivity contribution in [1.82, 2.24) is 10.2 Å². The van der Waals surface area contributed by atoms with Crippen molar-refractivity contribution in [1.29, 1.82) is 0 Å². The van der Waals surface area contributed by atoms with E-state index in [1.54, 1.807) is 19.1 Å².